The number of allylic oxidation sites excluding steroid dienone is 1. The Morgan fingerprint density at radius 1 is 1.67 bits per heavy atom. The number of rotatable bonds is 2. The van der Waals surface area contributed by atoms with E-state index in [4.69, 9.17) is 0 Å². The summed E-state index contributed by atoms with van der Waals surface area (Å²) in [6, 6.07) is 0. The first-order valence-corrected chi connectivity index (χ1v) is 2.11. The van der Waals surface area contributed by atoms with Gasteiger partial charge in [-0.05, 0) is 0 Å². The average Bonchev–Trinajstić information content (AvgIpc) is 1.87. The van der Waals surface area contributed by atoms with Crippen LogP contribution in [0.25, 0.3) is 0 Å². The van der Waals surface area contributed by atoms with Crippen LogP contribution in [-0.4, -0.2) is 19.4 Å². The Kier molecular flexibility index (Phi) is 3.27. The van der Waals surface area contributed by atoms with Crippen LogP contribution in [0.3, 0.4) is 0 Å². The Morgan fingerprint density at radius 3 is 2.56 bits per heavy atom. The van der Waals surface area contributed by atoms with Crippen molar-refractivity contribution in [3.05, 3.63) is 11.9 Å². The quantitative estimate of drug-likeness (QED) is 0.306. The van der Waals surface area contributed by atoms with Crippen LogP contribution in [0.5, 0.6) is 0 Å². The molecule has 3 nitrogen and oxygen atoms in total. The summed E-state index contributed by atoms with van der Waals surface area (Å²) in [4.78, 5) is 19.6. The van der Waals surface area contributed by atoms with E-state index < -0.39 is 11.8 Å². The van der Waals surface area contributed by atoms with E-state index in [0.717, 1.165) is 7.11 Å². The van der Waals surface area contributed by atoms with Crippen LogP contribution >= 0.6 is 0 Å². The van der Waals surface area contributed by atoms with Gasteiger partial charge in [0.05, 0.1) is 13.2 Å². The van der Waals surface area contributed by atoms with Gasteiger partial charge in [-0.1, -0.05) is 0 Å². The van der Waals surface area contributed by atoms with Gasteiger partial charge in [0.15, 0.2) is 12.1 Å². The van der Waals surface area contributed by atoms with Gasteiger partial charge in [-0.2, -0.15) is 0 Å². The normalized spacial score (nSPS) is 10.7. The molecule has 0 aromatic carbocycles. The fourth-order valence-electron chi connectivity index (χ4n) is 0.206. The molecule has 0 rings (SSSR count). The summed E-state index contributed by atoms with van der Waals surface area (Å²) < 4.78 is 15.8. The van der Waals surface area contributed by atoms with Crippen molar-refractivity contribution in [2.24, 2.45) is 0 Å². The van der Waals surface area contributed by atoms with Gasteiger partial charge in [0.1, 0.15) is 0 Å². The van der Waals surface area contributed by atoms with Gasteiger partial charge in [0, 0.05) is 0 Å². The molecule has 0 aliphatic rings. The smallest absolute Gasteiger partial charge is 0.333 e. The number of hydrogen-bond donors (Lipinski definition) is 0. The molecular formula is C5H5FO3. The zero-order valence-corrected chi connectivity index (χ0v) is 4.76. The molecule has 0 bridgehead atoms. The van der Waals surface area contributed by atoms with E-state index >= 15 is 0 Å². The van der Waals surface area contributed by atoms with Crippen molar-refractivity contribution in [1.29, 1.82) is 0 Å². The SMILES string of the molecule is COC(=O)/C=C(/F)C=O. The molecule has 0 amide bonds. The van der Waals surface area contributed by atoms with E-state index in [1.54, 1.807) is 0 Å². The maximum atomic E-state index is 11.8. The standard InChI is InChI=1S/C5H5FO3/c1-9-5(8)2-4(6)3-7/h2-3H,1H3/b4-2+. The molecule has 0 aliphatic heterocycles. The van der Waals surface area contributed by atoms with Crippen LogP contribution < -0.4 is 0 Å². The third kappa shape index (κ3) is 3.40. The van der Waals surface area contributed by atoms with Crippen LogP contribution in [-0.2, 0) is 14.3 Å². The minimum atomic E-state index is -1.14. The topological polar surface area (TPSA) is 43.4 Å². The number of carbonyl (C=O) groups excluding carboxylic acids is 2. The van der Waals surface area contributed by atoms with Crippen molar-refractivity contribution >= 4 is 12.3 Å². The molecule has 0 N–H and O–H groups in total. The first-order valence-electron chi connectivity index (χ1n) is 2.11. The third-order valence-electron chi connectivity index (χ3n) is 0.570. The lowest BCUT2D eigenvalue weighted by Crippen LogP contribution is -1.95. The molecule has 0 spiro atoms. The van der Waals surface area contributed by atoms with Crippen LogP contribution in [0.2, 0.25) is 0 Å². The van der Waals surface area contributed by atoms with E-state index in [0.29, 0.717) is 6.08 Å². The average molecular weight is 132 g/mol. The van der Waals surface area contributed by atoms with Gasteiger partial charge in [0.25, 0.3) is 0 Å². The number of hydrogen-bond acceptors (Lipinski definition) is 3. The highest BCUT2D eigenvalue weighted by atomic mass is 19.1. The Balaban J connectivity index is 3.94. The predicted octanol–water partition coefficient (Wildman–Crippen LogP) is 0.212. The number of methoxy groups -OCH3 is 1. The van der Waals surface area contributed by atoms with Crippen LogP contribution in [0, 0.1) is 0 Å². The number of aldehydes is 1. The van der Waals surface area contributed by atoms with E-state index in [2.05, 4.69) is 4.74 Å². The summed E-state index contributed by atoms with van der Waals surface area (Å²) in [5.41, 5.74) is 0. The molecule has 9 heavy (non-hydrogen) atoms. The summed E-state index contributed by atoms with van der Waals surface area (Å²) in [7, 11) is 1.09. The highest BCUT2D eigenvalue weighted by Gasteiger charge is 1.96. The van der Waals surface area contributed by atoms with E-state index in [9.17, 15) is 14.0 Å². The Hall–Kier alpha value is -1.19. The van der Waals surface area contributed by atoms with Gasteiger partial charge in [-0.3, -0.25) is 4.79 Å². The van der Waals surface area contributed by atoms with Crippen molar-refractivity contribution in [1.82, 2.24) is 0 Å². The fourth-order valence-corrected chi connectivity index (χ4v) is 0.206. The third-order valence-corrected chi connectivity index (χ3v) is 0.570. The first kappa shape index (κ1) is 7.81. The number of ether oxygens (including phenoxy) is 1. The van der Waals surface area contributed by atoms with Gasteiger partial charge in [-0.15, -0.1) is 0 Å². The predicted molar refractivity (Wildman–Crippen MR) is 27.3 cm³/mol. The van der Waals surface area contributed by atoms with Crippen LogP contribution in [0.4, 0.5) is 4.39 Å². The van der Waals surface area contributed by atoms with Crippen molar-refractivity contribution in [2.75, 3.05) is 7.11 Å². The maximum absolute atomic E-state index is 11.8. The Bertz CT molecular complexity index is 150. The highest BCUT2D eigenvalue weighted by molar-refractivity contribution is 5.88. The second kappa shape index (κ2) is 3.77. The summed E-state index contributed by atoms with van der Waals surface area (Å²) in [5, 5.41) is 0. The lowest BCUT2D eigenvalue weighted by atomic mass is 10.5. The molecule has 0 atom stereocenters. The molecule has 0 fully saturated rings. The lowest BCUT2D eigenvalue weighted by molar-refractivity contribution is -0.135. The lowest BCUT2D eigenvalue weighted by Gasteiger charge is -1.86. The van der Waals surface area contributed by atoms with Gasteiger partial charge in [0.2, 0.25) is 0 Å². The molecule has 0 saturated heterocycles. The van der Waals surface area contributed by atoms with Crippen molar-refractivity contribution < 1.29 is 18.7 Å². The molecule has 0 unspecified atom stereocenters. The summed E-state index contributed by atoms with van der Waals surface area (Å²) in [5.74, 6) is -2.01. The van der Waals surface area contributed by atoms with Gasteiger partial charge in [-0.25, -0.2) is 9.18 Å². The number of carbonyl (C=O) groups is 2. The molecule has 0 aliphatic carbocycles. The van der Waals surface area contributed by atoms with Crippen molar-refractivity contribution in [2.45, 2.75) is 0 Å². The minimum absolute atomic E-state index is 0.0725. The van der Waals surface area contributed by atoms with Crippen LogP contribution in [0.15, 0.2) is 11.9 Å². The number of halogens is 1. The molecule has 0 aromatic heterocycles. The summed E-state index contributed by atoms with van der Waals surface area (Å²) in [6.45, 7) is 0. The van der Waals surface area contributed by atoms with Crippen molar-refractivity contribution in [3.8, 4) is 0 Å². The minimum Gasteiger partial charge on any atom is -0.466 e. The maximum Gasteiger partial charge on any atom is 0.333 e. The molecule has 0 radical (unpaired) electrons. The summed E-state index contributed by atoms with van der Waals surface area (Å²) >= 11 is 0. The Labute approximate surface area is 51.1 Å². The second-order valence-corrected chi connectivity index (χ2v) is 1.17. The van der Waals surface area contributed by atoms with Crippen LogP contribution in [0.1, 0.15) is 0 Å². The summed E-state index contributed by atoms with van der Waals surface area (Å²) in [6.07, 6.45) is 0.393. The fraction of sp³-hybridized carbons (Fsp3) is 0.200. The van der Waals surface area contributed by atoms with Gasteiger partial charge >= 0.3 is 5.97 Å². The molecular weight excluding hydrogens is 127 g/mol. The molecule has 0 aromatic rings. The monoisotopic (exact) mass is 132 g/mol. The Morgan fingerprint density at radius 2 is 2.22 bits per heavy atom. The van der Waals surface area contributed by atoms with E-state index in [-0.39, 0.29) is 6.29 Å². The number of esters is 1. The molecule has 50 valence electrons. The largest absolute Gasteiger partial charge is 0.466 e. The van der Waals surface area contributed by atoms with Crippen molar-refractivity contribution in [3.63, 3.8) is 0 Å². The first-order chi connectivity index (χ1) is 4.20. The zero-order valence-electron chi connectivity index (χ0n) is 4.76. The molecule has 0 saturated carbocycles. The molecule has 4 heteroatoms. The second-order valence-electron chi connectivity index (χ2n) is 1.17. The molecule has 0 heterocycles. The van der Waals surface area contributed by atoms with Gasteiger partial charge < -0.3 is 4.74 Å². The van der Waals surface area contributed by atoms with E-state index in [1.807, 2.05) is 0 Å². The highest BCUT2D eigenvalue weighted by Crippen LogP contribution is 1.89. The zero-order chi connectivity index (χ0) is 7.28. The van der Waals surface area contributed by atoms with E-state index in [1.165, 1.54) is 0 Å².